The van der Waals surface area contributed by atoms with Crippen molar-refractivity contribution in [3.05, 3.63) is 92.8 Å². The lowest BCUT2D eigenvalue weighted by Gasteiger charge is -2.14. The van der Waals surface area contributed by atoms with Crippen LogP contribution in [0.1, 0.15) is 32.6 Å². The summed E-state index contributed by atoms with van der Waals surface area (Å²) in [5.41, 5.74) is 6.10. The molecule has 36 heavy (non-hydrogen) atoms. The lowest BCUT2D eigenvalue weighted by atomic mass is 9.92. The van der Waals surface area contributed by atoms with Gasteiger partial charge in [-0.1, -0.05) is 36.0 Å². The molecule has 182 valence electrons. The highest BCUT2D eigenvalue weighted by Gasteiger charge is 2.21. The number of aromatic nitrogens is 4. The number of fused-ring (bicyclic) bond motifs is 3. The topological polar surface area (TPSA) is 78.5 Å². The number of rotatable bonds is 6. The average molecular weight is 499 g/mol. The van der Waals surface area contributed by atoms with Crippen LogP contribution in [0.2, 0.25) is 0 Å². The van der Waals surface area contributed by atoms with Gasteiger partial charge in [-0.05, 0) is 74.2 Å². The minimum atomic E-state index is -0.201. The molecule has 8 heteroatoms. The molecule has 2 aromatic heterocycles. The molecule has 0 aliphatic rings. The monoisotopic (exact) mass is 498 g/mol. The van der Waals surface area contributed by atoms with E-state index in [0.717, 1.165) is 27.8 Å². The maximum atomic E-state index is 13.5. The second-order valence-electron chi connectivity index (χ2n) is 8.82. The van der Waals surface area contributed by atoms with Crippen molar-refractivity contribution in [3.8, 4) is 11.4 Å². The summed E-state index contributed by atoms with van der Waals surface area (Å²) in [6, 6.07) is 16.7. The maximum Gasteiger partial charge on any atom is 0.267 e. The molecule has 0 unspecified atom stereocenters. The molecule has 2 heterocycles. The molecule has 0 saturated heterocycles. The highest BCUT2D eigenvalue weighted by Crippen LogP contribution is 2.27. The maximum absolute atomic E-state index is 13.5. The van der Waals surface area contributed by atoms with Crippen molar-refractivity contribution < 1.29 is 9.53 Å². The number of hydrogen-bond donors (Lipinski definition) is 0. The van der Waals surface area contributed by atoms with Gasteiger partial charge in [0, 0.05) is 11.6 Å². The average Bonchev–Trinajstić information content (AvgIpc) is 3.30. The summed E-state index contributed by atoms with van der Waals surface area (Å²) in [4.78, 5) is 26.9. The summed E-state index contributed by atoms with van der Waals surface area (Å²) >= 11 is 1.32. The number of Topliss-reactive ketones (excluding diaryl/α,β-unsaturated/α-hetero) is 1. The second kappa shape index (κ2) is 9.28. The predicted molar refractivity (Wildman–Crippen MR) is 143 cm³/mol. The van der Waals surface area contributed by atoms with E-state index in [-0.39, 0.29) is 17.1 Å². The lowest BCUT2D eigenvalue weighted by Crippen LogP contribution is -2.22. The second-order valence-corrected chi connectivity index (χ2v) is 9.77. The van der Waals surface area contributed by atoms with Gasteiger partial charge < -0.3 is 4.74 Å². The third kappa shape index (κ3) is 3.87. The van der Waals surface area contributed by atoms with Crippen LogP contribution in [0.25, 0.3) is 22.4 Å². The highest BCUT2D eigenvalue weighted by molar-refractivity contribution is 7.99. The molecule has 0 atom stereocenters. The number of benzene rings is 3. The fraction of sp³-hybridized carbons (Fsp3) is 0.214. The Balaban J connectivity index is 1.63. The molecule has 0 fully saturated rings. The first kappa shape index (κ1) is 23.8. The molecule has 0 saturated carbocycles. The van der Waals surface area contributed by atoms with Crippen LogP contribution in [0.3, 0.4) is 0 Å². The predicted octanol–water partition coefficient (Wildman–Crippen LogP) is 5.25. The van der Waals surface area contributed by atoms with Crippen LogP contribution in [0, 0.1) is 27.7 Å². The van der Waals surface area contributed by atoms with Crippen LogP contribution in [0.4, 0.5) is 0 Å². The number of carbonyl (C=O) groups excluding carboxylic acids is 1. The Morgan fingerprint density at radius 2 is 1.67 bits per heavy atom. The van der Waals surface area contributed by atoms with Crippen LogP contribution < -0.4 is 10.3 Å². The Bertz CT molecular complexity index is 1690. The van der Waals surface area contributed by atoms with Crippen LogP contribution in [0.5, 0.6) is 5.75 Å². The molecule has 5 rings (SSSR count). The van der Waals surface area contributed by atoms with Crippen LogP contribution >= 0.6 is 11.8 Å². The molecule has 0 amide bonds. The largest absolute Gasteiger partial charge is 0.497 e. The minimum absolute atomic E-state index is 0.0453. The zero-order valence-corrected chi connectivity index (χ0v) is 21.6. The molecule has 7 nitrogen and oxygen atoms in total. The first-order valence-electron chi connectivity index (χ1n) is 11.6. The fourth-order valence-corrected chi connectivity index (χ4v) is 5.40. The normalized spacial score (nSPS) is 11.4. The van der Waals surface area contributed by atoms with Crippen LogP contribution in [-0.2, 0) is 0 Å². The lowest BCUT2D eigenvalue weighted by molar-refractivity contribution is 0.102. The molecule has 3 aromatic carbocycles. The quantitative estimate of drug-likeness (QED) is 0.235. The molecule has 0 aliphatic carbocycles. The van der Waals surface area contributed by atoms with Crippen molar-refractivity contribution in [2.75, 3.05) is 12.9 Å². The summed E-state index contributed by atoms with van der Waals surface area (Å²) in [6.07, 6.45) is 0. The van der Waals surface area contributed by atoms with E-state index in [1.165, 1.54) is 16.3 Å². The van der Waals surface area contributed by atoms with E-state index in [1.54, 1.807) is 19.2 Å². The number of thioether (sulfide) groups is 1. The summed E-state index contributed by atoms with van der Waals surface area (Å²) in [6.45, 7) is 8.04. The van der Waals surface area contributed by atoms with Gasteiger partial charge in [0.25, 0.3) is 5.56 Å². The first-order chi connectivity index (χ1) is 17.3. The molecule has 0 bridgehead atoms. The van der Waals surface area contributed by atoms with Gasteiger partial charge in [0.05, 0.1) is 29.5 Å². The van der Waals surface area contributed by atoms with Gasteiger partial charge in [-0.25, -0.2) is 4.57 Å². The van der Waals surface area contributed by atoms with E-state index in [2.05, 4.69) is 16.3 Å². The van der Waals surface area contributed by atoms with Crippen LogP contribution in [-0.4, -0.2) is 37.8 Å². The summed E-state index contributed by atoms with van der Waals surface area (Å²) in [5, 5.41) is 9.85. The number of methoxy groups -OCH3 is 1. The summed E-state index contributed by atoms with van der Waals surface area (Å²) in [7, 11) is 1.58. The smallest absolute Gasteiger partial charge is 0.267 e. The number of ketones is 1. The van der Waals surface area contributed by atoms with Crippen molar-refractivity contribution >= 4 is 34.2 Å². The molecule has 0 aliphatic heterocycles. The Kier molecular flexibility index (Phi) is 6.14. The third-order valence-electron chi connectivity index (χ3n) is 6.68. The minimum Gasteiger partial charge on any atom is -0.497 e. The molecular formula is C28H26N4O3S. The van der Waals surface area contributed by atoms with Crippen molar-refractivity contribution in [1.82, 2.24) is 19.2 Å². The standard InChI is InChI=1S/C28H26N4O3S/c1-16-13-17(2)19(4)25(18(16)3)24(33)15-36-28-30-29-27-31(20-9-8-10-21(14-20)35-5)26(34)22-11-6-7-12-23(22)32(27)28/h6-14H,15H2,1-5H3. The summed E-state index contributed by atoms with van der Waals surface area (Å²) < 4.78 is 8.74. The van der Waals surface area contributed by atoms with Crippen molar-refractivity contribution in [2.45, 2.75) is 32.9 Å². The number of ether oxygens (including phenoxy) is 1. The van der Waals surface area contributed by atoms with Gasteiger partial charge >= 0.3 is 0 Å². The van der Waals surface area contributed by atoms with E-state index in [4.69, 9.17) is 4.74 Å². The van der Waals surface area contributed by atoms with Crippen LogP contribution in [0.15, 0.2) is 64.5 Å². The molecule has 0 N–H and O–H groups in total. The zero-order valence-electron chi connectivity index (χ0n) is 20.8. The SMILES string of the molecule is COc1cccc(-n2c(=O)c3ccccc3n3c(SCC(=O)c4c(C)c(C)cc(C)c4C)nnc23)c1. The first-order valence-corrected chi connectivity index (χ1v) is 12.6. The van der Waals surface area contributed by atoms with Gasteiger partial charge in [0.15, 0.2) is 10.9 Å². The van der Waals surface area contributed by atoms with Crippen molar-refractivity contribution in [1.29, 1.82) is 0 Å². The molecule has 0 radical (unpaired) electrons. The third-order valence-corrected chi connectivity index (χ3v) is 7.61. The number of nitrogens with zero attached hydrogens (tertiary/aromatic N) is 4. The Labute approximate surface area is 212 Å². The van der Waals surface area contributed by atoms with Gasteiger partial charge in [-0.3, -0.25) is 14.0 Å². The number of hydrogen-bond acceptors (Lipinski definition) is 6. The van der Waals surface area contributed by atoms with Crippen molar-refractivity contribution in [3.63, 3.8) is 0 Å². The van der Waals surface area contributed by atoms with Gasteiger partial charge in [0.2, 0.25) is 5.78 Å². The summed E-state index contributed by atoms with van der Waals surface area (Å²) in [5.74, 6) is 1.26. The van der Waals surface area contributed by atoms with Gasteiger partial charge in [0.1, 0.15) is 5.75 Å². The Hall–Kier alpha value is -3.91. The van der Waals surface area contributed by atoms with Gasteiger partial charge in [-0.15, -0.1) is 10.2 Å². The van der Waals surface area contributed by atoms with E-state index in [1.807, 2.05) is 68.5 Å². The van der Waals surface area contributed by atoms with Gasteiger partial charge in [-0.2, -0.15) is 0 Å². The highest BCUT2D eigenvalue weighted by atomic mass is 32.2. The number of para-hydroxylation sites is 1. The molecule has 0 spiro atoms. The Morgan fingerprint density at radius 3 is 2.39 bits per heavy atom. The fourth-order valence-electron chi connectivity index (χ4n) is 4.59. The number of aryl methyl sites for hydroxylation is 2. The Morgan fingerprint density at radius 1 is 0.944 bits per heavy atom. The van der Waals surface area contributed by atoms with E-state index >= 15 is 0 Å². The molecular weight excluding hydrogens is 472 g/mol. The number of carbonyl (C=O) groups is 1. The van der Waals surface area contributed by atoms with Crippen molar-refractivity contribution in [2.24, 2.45) is 0 Å². The van der Waals surface area contributed by atoms with E-state index in [9.17, 15) is 9.59 Å². The van der Waals surface area contributed by atoms with E-state index in [0.29, 0.717) is 33.3 Å². The zero-order chi connectivity index (χ0) is 25.6. The van der Waals surface area contributed by atoms with E-state index < -0.39 is 0 Å². The molecule has 5 aromatic rings.